The minimum atomic E-state index is -0.405. The first-order chi connectivity index (χ1) is 20.4. The second-order valence-electron chi connectivity index (χ2n) is 11.5. The molecule has 3 heterocycles. The summed E-state index contributed by atoms with van der Waals surface area (Å²) in [5.41, 5.74) is 5.12. The Morgan fingerprint density at radius 2 is 1.72 bits per heavy atom. The number of aryl methyl sites for hydroxylation is 3. The normalized spacial score (nSPS) is 15.5. The average molecular weight is 606 g/mol. The number of carbonyl (C=O) groups is 1. The molecule has 0 aliphatic carbocycles. The van der Waals surface area contributed by atoms with E-state index < -0.39 is 5.83 Å². The van der Waals surface area contributed by atoms with E-state index in [0.717, 1.165) is 45.3 Å². The SMILES string of the molecule is CC(C)=S(C)c1nc(C)ccc1N[C@H](C)c1cc(C)cc(C=O)c1/C(F)=C(\N(C)C)N1CCN(c2cnc(C)nc2)CC1. The van der Waals surface area contributed by atoms with Gasteiger partial charge in [-0.15, -0.1) is 10.5 Å². The molecule has 43 heavy (non-hydrogen) atoms. The van der Waals surface area contributed by atoms with Crippen LogP contribution in [0.1, 0.15) is 65.4 Å². The van der Waals surface area contributed by atoms with Crippen molar-refractivity contribution in [3.05, 3.63) is 76.3 Å². The van der Waals surface area contributed by atoms with Crippen molar-refractivity contribution in [1.82, 2.24) is 24.8 Å². The fourth-order valence-corrected chi connectivity index (χ4v) is 6.49. The number of benzene rings is 1. The number of carbonyl (C=O) groups excluding carboxylic acids is 1. The van der Waals surface area contributed by atoms with Crippen LogP contribution >= 0.6 is 10.5 Å². The molecule has 0 radical (unpaired) electrons. The van der Waals surface area contributed by atoms with Gasteiger partial charge < -0.3 is 20.0 Å². The van der Waals surface area contributed by atoms with Gasteiger partial charge in [-0.3, -0.25) is 4.79 Å². The van der Waals surface area contributed by atoms with E-state index in [0.29, 0.717) is 43.1 Å². The second kappa shape index (κ2) is 13.7. The summed E-state index contributed by atoms with van der Waals surface area (Å²) >= 11 is 0. The molecule has 1 fully saturated rings. The molecule has 10 heteroatoms. The fourth-order valence-electron chi connectivity index (χ4n) is 5.37. The van der Waals surface area contributed by atoms with Gasteiger partial charge in [0.15, 0.2) is 12.1 Å². The molecule has 8 nitrogen and oxygen atoms in total. The van der Waals surface area contributed by atoms with Gasteiger partial charge in [-0.25, -0.2) is 19.3 Å². The predicted molar refractivity (Wildman–Crippen MR) is 178 cm³/mol. The molecular weight excluding hydrogens is 561 g/mol. The molecule has 1 saturated heterocycles. The maximum atomic E-state index is 17.0. The summed E-state index contributed by atoms with van der Waals surface area (Å²) < 4.78 is 17.0. The monoisotopic (exact) mass is 605 g/mol. The van der Waals surface area contributed by atoms with Gasteiger partial charge in [0.2, 0.25) is 0 Å². The Hall–Kier alpha value is -3.79. The van der Waals surface area contributed by atoms with E-state index >= 15 is 4.39 Å². The Kier molecular flexibility index (Phi) is 10.2. The van der Waals surface area contributed by atoms with Crippen LogP contribution in [-0.2, 0) is 0 Å². The Balaban J connectivity index is 1.73. The van der Waals surface area contributed by atoms with Crippen molar-refractivity contribution < 1.29 is 9.18 Å². The van der Waals surface area contributed by atoms with Crippen molar-refractivity contribution in [2.75, 3.05) is 56.7 Å². The van der Waals surface area contributed by atoms with Crippen LogP contribution in [0, 0.1) is 20.8 Å². The number of hydrogen-bond donors (Lipinski definition) is 1. The molecule has 230 valence electrons. The summed E-state index contributed by atoms with van der Waals surface area (Å²) in [5.74, 6) is 0.789. The predicted octanol–water partition coefficient (Wildman–Crippen LogP) is 6.23. The molecule has 4 rings (SSSR count). The first kappa shape index (κ1) is 32.1. The van der Waals surface area contributed by atoms with Crippen LogP contribution in [0.5, 0.6) is 0 Å². The van der Waals surface area contributed by atoms with Crippen LogP contribution in [0.2, 0.25) is 0 Å². The highest BCUT2D eigenvalue weighted by Gasteiger charge is 2.28. The topological polar surface area (TPSA) is 77.5 Å². The lowest BCUT2D eigenvalue weighted by atomic mass is 9.93. The van der Waals surface area contributed by atoms with Crippen molar-refractivity contribution in [2.24, 2.45) is 0 Å². The number of aromatic nitrogens is 3. The van der Waals surface area contributed by atoms with E-state index in [1.807, 2.05) is 72.4 Å². The third-order valence-corrected chi connectivity index (χ3v) is 9.88. The quantitative estimate of drug-likeness (QED) is 0.227. The molecule has 0 amide bonds. The number of nitrogens with zero attached hydrogens (tertiary/aromatic N) is 6. The number of rotatable bonds is 9. The second-order valence-corrected chi connectivity index (χ2v) is 13.7. The lowest BCUT2D eigenvalue weighted by molar-refractivity contribution is 0.112. The maximum absolute atomic E-state index is 17.0. The Morgan fingerprint density at radius 1 is 1.07 bits per heavy atom. The molecular formula is C33H44FN7OS. The Morgan fingerprint density at radius 3 is 2.30 bits per heavy atom. The van der Waals surface area contributed by atoms with Crippen molar-refractivity contribution >= 4 is 38.8 Å². The molecule has 1 N–H and O–H groups in total. The third kappa shape index (κ3) is 7.24. The van der Waals surface area contributed by atoms with Gasteiger partial charge in [0.05, 0.1) is 23.8 Å². The van der Waals surface area contributed by atoms with Gasteiger partial charge in [0.25, 0.3) is 0 Å². The van der Waals surface area contributed by atoms with Crippen LogP contribution < -0.4 is 10.2 Å². The van der Waals surface area contributed by atoms with Crippen LogP contribution in [0.15, 0.2) is 47.5 Å². The van der Waals surface area contributed by atoms with E-state index in [-0.39, 0.29) is 16.5 Å². The molecule has 1 aromatic carbocycles. The molecule has 3 aromatic rings. The summed E-state index contributed by atoms with van der Waals surface area (Å²) in [6.07, 6.45) is 6.60. The first-order valence-corrected chi connectivity index (χ1v) is 16.2. The largest absolute Gasteiger partial charge is 0.376 e. The van der Waals surface area contributed by atoms with E-state index in [9.17, 15) is 4.79 Å². The van der Waals surface area contributed by atoms with Gasteiger partial charge in [0, 0.05) is 63.1 Å². The molecule has 2 atom stereocenters. The molecule has 1 aliphatic heterocycles. The van der Waals surface area contributed by atoms with Gasteiger partial charge in [-0.2, -0.15) is 0 Å². The number of halogens is 1. The zero-order chi connectivity index (χ0) is 31.4. The lowest BCUT2D eigenvalue weighted by Gasteiger charge is -2.40. The Bertz CT molecular complexity index is 1540. The molecule has 1 aliphatic rings. The summed E-state index contributed by atoms with van der Waals surface area (Å²) in [7, 11) is 3.54. The molecule has 2 aromatic heterocycles. The number of pyridine rings is 1. The Labute approximate surface area is 258 Å². The zero-order valence-corrected chi connectivity index (χ0v) is 27.6. The van der Waals surface area contributed by atoms with Crippen molar-refractivity contribution in [1.29, 1.82) is 0 Å². The summed E-state index contributed by atoms with van der Waals surface area (Å²) in [6.45, 7) is 14.7. The van der Waals surface area contributed by atoms with Crippen LogP contribution in [0.3, 0.4) is 0 Å². The fraction of sp³-hybridized carbons (Fsp3) is 0.424. The highest BCUT2D eigenvalue weighted by Crippen LogP contribution is 2.37. The highest BCUT2D eigenvalue weighted by atomic mass is 32.2. The number of piperazine rings is 1. The zero-order valence-electron chi connectivity index (χ0n) is 26.8. The number of anilines is 2. The number of hydrogen-bond acceptors (Lipinski definition) is 8. The van der Waals surface area contributed by atoms with Crippen molar-refractivity contribution in [3.8, 4) is 0 Å². The lowest BCUT2D eigenvalue weighted by Crippen LogP contribution is -2.48. The molecule has 0 saturated carbocycles. The summed E-state index contributed by atoms with van der Waals surface area (Å²) in [6, 6.07) is 7.48. The smallest absolute Gasteiger partial charge is 0.171 e. The molecule has 0 spiro atoms. The standard InChI is InChI=1S/C33H44FN7OS/c1-21(2)43(9)32-29(11-10-23(4)37-32)38-24(5)28-17-22(3)16-26(20-42)30(28)31(34)33(39(7)8)41-14-12-40(13-15-41)27-18-35-25(6)36-19-27/h10-11,16-20,24,38H,12-15H2,1-9H3/b33-31-/t24-,43?/m1/s1. The number of aldehydes is 1. The summed E-state index contributed by atoms with van der Waals surface area (Å²) in [5, 5.41) is 4.60. The van der Waals surface area contributed by atoms with E-state index in [1.165, 1.54) is 4.86 Å². The molecule has 0 bridgehead atoms. The van der Waals surface area contributed by atoms with E-state index in [2.05, 4.69) is 45.2 Å². The van der Waals surface area contributed by atoms with Crippen LogP contribution in [0.25, 0.3) is 5.83 Å². The van der Waals surface area contributed by atoms with Crippen molar-refractivity contribution in [2.45, 2.75) is 52.6 Å². The summed E-state index contributed by atoms with van der Waals surface area (Å²) in [4.78, 5) is 33.3. The number of nitrogens with one attached hydrogen (secondary N) is 1. The minimum absolute atomic E-state index is 0.161. The van der Waals surface area contributed by atoms with Gasteiger partial charge in [-0.1, -0.05) is 11.6 Å². The van der Waals surface area contributed by atoms with E-state index in [4.69, 9.17) is 4.98 Å². The average Bonchev–Trinajstić information content (AvgIpc) is 2.97. The van der Waals surface area contributed by atoms with E-state index in [1.54, 1.807) is 11.0 Å². The van der Waals surface area contributed by atoms with Gasteiger partial charge in [0.1, 0.15) is 16.7 Å². The third-order valence-electron chi connectivity index (χ3n) is 7.76. The maximum Gasteiger partial charge on any atom is 0.171 e. The molecule has 1 unspecified atom stereocenters. The van der Waals surface area contributed by atoms with Crippen LogP contribution in [0.4, 0.5) is 15.8 Å². The van der Waals surface area contributed by atoms with Gasteiger partial charge >= 0.3 is 0 Å². The highest BCUT2D eigenvalue weighted by molar-refractivity contribution is 8.15. The van der Waals surface area contributed by atoms with Crippen molar-refractivity contribution in [3.63, 3.8) is 0 Å². The van der Waals surface area contributed by atoms with Gasteiger partial charge in [-0.05, 0) is 76.4 Å². The minimum Gasteiger partial charge on any atom is -0.376 e. The first-order valence-electron chi connectivity index (χ1n) is 14.6. The van der Waals surface area contributed by atoms with Crippen LogP contribution in [-0.4, -0.2) is 82.4 Å².